The summed E-state index contributed by atoms with van der Waals surface area (Å²) in [6, 6.07) is 3.85. The van der Waals surface area contributed by atoms with Crippen molar-refractivity contribution in [2.45, 2.75) is 25.8 Å². The van der Waals surface area contributed by atoms with Gasteiger partial charge in [0.05, 0.1) is 11.4 Å². The summed E-state index contributed by atoms with van der Waals surface area (Å²) in [5, 5.41) is 0. The Morgan fingerprint density at radius 2 is 2.06 bits per heavy atom. The highest BCUT2D eigenvalue weighted by atomic mass is 15.1. The summed E-state index contributed by atoms with van der Waals surface area (Å²) in [6.07, 6.45) is 8.08. The van der Waals surface area contributed by atoms with E-state index >= 15 is 0 Å². The summed E-state index contributed by atoms with van der Waals surface area (Å²) in [7, 11) is 0. The highest BCUT2D eigenvalue weighted by Crippen LogP contribution is 2.16. The first-order valence-corrected chi connectivity index (χ1v) is 6.27. The fourth-order valence-corrected chi connectivity index (χ4v) is 2.51. The van der Waals surface area contributed by atoms with Crippen LogP contribution in [0.1, 0.15) is 25.0 Å². The number of nitrogens with two attached hydrogens (primary N) is 1. The van der Waals surface area contributed by atoms with E-state index in [0.29, 0.717) is 0 Å². The SMILES string of the molecule is Nc1cccn2cc(CN3CCCCC3)nc12. The maximum atomic E-state index is 5.91. The lowest BCUT2D eigenvalue weighted by Crippen LogP contribution is -2.29. The van der Waals surface area contributed by atoms with Gasteiger partial charge in [0.2, 0.25) is 0 Å². The van der Waals surface area contributed by atoms with Gasteiger partial charge in [-0.25, -0.2) is 4.98 Å². The average Bonchev–Trinajstić information content (AvgIpc) is 2.74. The number of pyridine rings is 1. The lowest BCUT2D eigenvalue weighted by atomic mass is 10.1. The van der Waals surface area contributed by atoms with Crippen LogP contribution < -0.4 is 5.73 Å². The van der Waals surface area contributed by atoms with Crippen molar-refractivity contribution in [3.8, 4) is 0 Å². The minimum absolute atomic E-state index is 0.748. The minimum Gasteiger partial charge on any atom is -0.396 e. The minimum atomic E-state index is 0.748. The van der Waals surface area contributed by atoms with Crippen LogP contribution in [0, 0.1) is 0 Å². The molecule has 2 N–H and O–H groups in total. The number of nitrogens with zero attached hydrogens (tertiary/aromatic N) is 3. The van der Waals surface area contributed by atoms with E-state index in [1.807, 2.05) is 22.7 Å². The Kier molecular flexibility index (Phi) is 2.73. The van der Waals surface area contributed by atoms with E-state index in [-0.39, 0.29) is 0 Å². The second-order valence-corrected chi connectivity index (χ2v) is 4.76. The van der Waals surface area contributed by atoms with E-state index in [4.69, 9.17) is 5.73 Å². The Bertz CT molecular complexity index is 511. The molecule has 2 aromatic rings. The number of rotatable bonds is 2. The van der Waals surface area contributed by atoms with Gasteiger partial charge in [0.1, 0.15) is 0 Å². The lowest BCUT2D eigenvalue weighted by molar-refractivity contribution is 0.219. The Morgan fingerprint density at radius 3 is 2.82 bits per heavy atom. The average molecular weight is 230 g/mol. The van der Waals surface area contributed by atoms with Gasteiger partial charge < -0.3 is 10.1 Å². The van der Waals surface area contributed by atoms with Gasteiger partial charge >= 0.3 is 0 Å². The zero-order chi connectivity index (χ0) is 11.7. The van der Waals surface area contributed by atoms with Crippen molar-refractivity contribution in [1.29, 1.82) is 0 Å². The molecule has 0 radical (unpaired) electrons. The molecule has 0 spiro atoms. The Hall–Kier alpha value is -1.55. The molecule has 0 saturated carbocycles. The van der Waals surface area contributed by atoms with Crippen LogP contribution in [-0.2, 0) is 6.54 Å². The van der Waals surface area contributed by atoms with E-state index < -0.39 is 0 Å². The predicted octanol–water partition coefficient (Wildman–Crippen LogP) is 1.90. The molecule has 90 valence electrons. The van der Waals surface area contributed by atoms with Crippen LogP contribution in [-0.4, -0.2) is 27.4 Å². The van der Waals surface area contributed by atoms with Crippen molar-refractivity contribution in [3.05, 3.63) is 30.2 Å². The monoisotopic (exact) mass is 230 g/mol. The van der Waals surface area contributed by atoms with Gasteiger partial charge in [-0.2, -0.15) is 0 Å². The number of likely N-dealkylation sites (tertiary alicyclic amines) is 1. The lowest BCUT2D eigenvalue weighted by Gasteiger charge is -2.25. The summed E-state index contributed by atoms with van der Waals surface area (Å²) < 4.78 is 2.01. The molecule has 1 aliphatic heterocycles. The fourth-order valence-electron chi connectivity index (χ4n) is 2.51. The number of imidazole rings is 1. The summed E-state index contributed by atoms with van der Waals surface area (Å²) >= 11 is 0. The third-order valence-electron chi connectivity index (χ3n) is 3.40. The molecule has 1 saturated heterocycles. The molecular formula is C13H18N4. The van der Waals surface area contributed by atoms with Crippen molar-refractivity contribution >= 4 is 11.3 Å². The fraction of sp³-hybridized carbons (Fsp3) is 0.462. The van der Waals surface area contributed by atoms with Gasteiger partial charge in [-0.1, -0.05) is 6.42 Å². The Morgan fingerprint density at radius 1 is 1.24 bits per heavy atom. The molecule has 17 heavy (non-hydrogen) atoms. The summed E-state index contributed by atoms with van der Waals surface area (Å²) in [5.74, 6) is 0. The van der Waals surface area contributed by atoms with Crippen LogP contribution in [0.5, 0.6) is 0 Å². The molecule has 0 amide bonds. The molecule has 0 aromatic carbocycles. The van der Waals surface area contributed by atoms with Crippen LogP contribution >= 0.6 is 0 Å². The number of hydrogen-bond donors (Lipinski definition) is 1. The van der Waals surface area contributed by atoms with Gasteiger partial charge in [0.25, 0.3) is 0 Å². The molecule has 0 atom stereocenters. The largest absolute Gasteiger partial charge is 0.396 e. The van der Waals surface area contributed by atoms with Crippen molar-refractivity contribution in [2.24, 2.45) is 0 Å². The van der Waals surface area contributed by atoms with Crippen LogP contribution in [0.3, 0.4) is 0 Å². The van der Waals surface area contributed by atoms with Crippen molar-refractivity contribution in [2.75, 3.05) is 18.8 Å². The van der Waals surface area contributed by atoms with E-state index in [9.17, 15) is 0 Å². The molecule has 0 unspecified atom stereocenters. The highest BCUT2D eigenvalue weighted by Gasteiger charge is 2.12. The smallest absolute Gasteiger partial charge is 0.160 e. The Labute approximate surface area is 101 Å². The topological polar surface area (TPSA) is 46.6 Å². The third-order valence-corrected chi connectivity index (χ3v) is 3.40. The number of piperidine rings is 1. The third kappa shape index (κ3) is 2.13. The van der Waals surface area contributed by atoms with Gasteiger partial charge in [-0.05, 0) is 38.1 Å². The van der Waals surface area contributed by atoms with E-state index in [1.54, 1.807) is 0 Å². The number of anilines is 1. The number of nitrogen functional groups attached to an aromatic ring is 1. The highest BCUT2D eigenvalue weighted by molar-refractivity contribution is 5.64. The van der Waals surface area contributed by atoms with E-state index in [2.05, 4.69) is 16.1 Å². The molecule has 3 heterocycles. The number of fused-ring (bicyclic) bond motifs is 1. The molecule has 4 heteroatoms. The molecule has 1 aliphatic rings. The van der Waals surface area contributed by atoms with Crippen LogP contribution in [0.25, 0.3) is 5.65 Å². The van der Waals surface area contributed by atoms with Crippen molar-refractivity contribution in [3.63, 3.8) is 0 Å². The van der Waals surface area contributed by atoms with Crippen molar-refractivity contribution in [1.82, 2.24) is 14.3 Å². The predicted molar refractivity (Wildman–Crippen MR) is 68.7 cm³/mol. The Balaban J connectivity index is 1.83. The van der Waals surface area contributed by atoms with Crippen molar-refractivity contribution < 1.29 is 0 Å². The molecule has 0 aliphatic carbocycles. The zero-order valence-electron chi connectivity index (χ0n) is 9.97. The zero-order valence-corrected chi connectivity index (χ0v) is 9.97. The van der Waals surface area contributed by atoms with Gasteiger partial charge in [0, 0.05) is 18.9 Å². The summed E-state index contributed by atoms with van der Waals surface area (Å²) in [5.41, 5.74) is 8.64. The maximum absolute atomic E-state index is 5.91. The van der Waals surface area contributed by atoms with Crippen LogP contribution in [0.4, 0.5) is 5.69 Å². The second kappa shape index (κ2) is 4.37. The molecular weight excluding hydrogens is 212 g/mol. The quantitative estimate of drug-likeness (QED) is 0.857. The first kappa shape index (κ1) is 10.6. The van der Waals surface area contributed by atoms with Gasteiger partial charge in [-0.3, -0.25) is 4.90 Å². The second-order valence-electron chi connectivity index (χ2n) is 4.76. The number of hydrogen-bond acceptors (Lipinski definition) is 3. The molecule has 4 nitrogen and oxygen atoms in total. The first-order chi connectivity index (χ1) is 8.33. The summed E-state index contributed by atoms with van der Waals surface area (Å²) in [4.78, 5) is 7.08. The molecule has 2 aromatic heterocycles. The van der Waals surface area contributed by atoms with E-state index in [0.717, 1.165) is 23.6 Å². The van der Waals surface area contributed by atoms with Gasteiger partial charge in [0.15, 0.2) is 5.65 Å². The first-order valence-electron chi connectivity index (χ1n) is 6.27. The summed E-state index contributed by atoms with van der Waals surface area (Å²) in [6.45, 7) is 3.34. The van der Waals surface area contributed by atoms with E-state index in [1.165, 1.54) is 32.4 Å². The standard InChI is InChI=1S/C13H18N4/c14-12-5-4-8-17-10-11(15-13(12)17)9-16-6-2-1-3-7-16/h4-5,8,10H,1-3,6-7,9,14H2. The number of aromatic nitrogens is 2. The molecule has 0 bridgehead atoms. The maximum Gasteiger partial charge on any atom is 0.160 e. The van der Waals surface area contributed by atoms with Crippen LogP contribution in [0.15, 0.2) is 24.5 Å². The molecule has 3 rings (SSSR count). The van der Waals surface area contributed by atoms with Crippen LogP contribution in [0.2, 0.25) is 0 Å². The normalized spacial score (nSPS) is 17.6. The molecule has 1 fully saturated rings. The van der Waals surface area contributed by atoms with Gasteiger partial charge in [-0.15, -0.1) is 0 Å².